The quantitative estimate of drug-likeness (QED) is 0.556. The van der Waals surface area contributed by atoms with Crippen molar-refractivity contribution in [3.63, 3.8) is 0 Å². The second-order valence-electron chi connectivity index (χ2n) is 4.30. The molecule has 1 rings (SSSR count). The van der Waals surface area contributed by atoms with Crippen LogP contribution in [0.1, 0.15) is 46.0 Å². The molecule has 1 heteroatoms. The second kappa shape index (κ2) is 3.38. The first-order chi connectivity index (χ1) is 5.18. The number of aldehydes is 1. The lowest BCUT2D eigenvalue weighted by atomic mass is 9.90. The second-order valence-corrected chi connectivity index (χ2v) is 4.30. The van der Waals surface area contributed by atoms with Crippen LogP contribution >= 0.6 is 0 Å². The molecule has 64 valence electrons. The number of carbonyl (C=O) groups excluding carboxylic acids is 1. The minimum atomic E-state index is 0.592. The summed E-state index contributed by atoms with van der Waals surface area (Å²) in [6.07, 6.45) is 7.00. The van der Waals surface area contributed by atoms with Gasteiger partial charge in [0, 0.05) is 6.42 Å². The molecule has 11 heavy (non-hydrogen) atoms. The lowest BCUT2D eigenvalue weighted by Crippen LogP contribution is -2.04. The predicted molar refractivity (Wildman–Crippen MR) is 46.4 cm³/mol. The fourth-order valence-electron chi connectivity index (χ4n) is 1.96. The van der Waals surface area contributed by atoms with Gasteiger partial charge in [0.05, 0.1) is 0 Å². The first-order valence-electron chi connectivity index (χ1n) is 4.62. The fourth-order valence-corrected chi connectivity index (χ4v) is 1.96. The van der Waals surface area contributed by atoms with E-state index >= 15 is 0 Å². The fraction of sp³-hybridized carbons (Fsp3) is 0.900. The van der Waals surface area contributed by atoms with Gasteiger partial charge in [-0.05, 0) is 37.0 Å². The molecule has 0 saturated heterocycles. The highest BCUT2D eigenvalue weighted by Crippen LogP contribution is 2.53. The predicted octanol–water partition coefficient (Wildman–Crippen LogP) is 2.79. The molecule has 0 aliphatic heterocycles. The molecule has 0 unspecified atom stereocenters. The molecule has 0 aromatic rings. The maximum absolute atomic E-state index is 10.2. The zero-order valence-corrected chi connectivity index (χ0v) is 7.60. The lowest BCUT2D eigenvalue weighted by molar-refractivity contribution is -0.108. The Bertz CT molecular complexity index is 134. The van der Waals surface area contributed by atoms with Crippen LogP contribution in [0.3, 0.4) is 0 Å². The zero-order chi connectivity index (χ0) is 8.32. The molecule has 0 radical (unpaired) electrons. The molecule has 0 aromatic heterocycles. The molecule has 1 nitrogen and oxygen atoms in total. The van der Waals surface area contributed by atoms with E-state index in [-0.39, 0.29) is 0 Å². The largest absolute Gasteiger partial charge is 0.303 e. The highest BCUT2D eigenvalue weighted by atomic mass is 16.1. The Labute approximate surface area is 69.2 Å². The van der Waals surface area contributed by atoms with E-state index in [1.54, 1.807) is 0 Å². The van der Waals surface area contributed by atoms with Crippen LogP contribution in [0.5, 0.6) is 0 Å². The highest BCUT2D eigenvalue weighted by Gasteiger charge is 2.41. The van der Waals surface area contributed by atoms with Gasteiger partial charge in [0.25, 0.3) is 0 Å². The van der Waals surface area contributed by atoms with E-state index in [1.165, 1.54) is 19.3 Å². The van der Waals surface area contributed by atoms with E-state index in [2.05, 4.69) is 13.8 Å². The van der Waals surface area contributed by atoms with Crippen LogP contribution in [-0.4, -0.2) is 6.29 Å². The molecule has 0 amide bonds. The Kier molecular flexibility index (Phi) is 2.69. The summed E-state index contributed by atoms with van der Waals surface area (Å²) >= 11 is 0. The van der Waals surface area contributed by atoms with Crippen molar-refractivity contribution >= 4 is 6.29 Å². The van der Waals surface area contributed by atoms with E-state index in [0.717, 1.165) is 25.0 Å². The van der Waals surface area contributed by atoms with E-state index in [1.807, 2.05) is 0 Å². The molecule has 1 aliphatic carbocycles. The Morgan fingerprint density at radius 3 is 2.45 bits per heavy atom. The van der Waals surface area contributed by atoms with Gasteiger partial charge in [0.2, 0.25) is 0 Å². The smallest absolute Gasteiger partial charge is 0.120 e. The van der Waals surface area contributed by atoms with Gasteiger partial charge in [-0.2, -0.15) is 0 Å². The van der Waals surface area contributed by atoms with Crippen LogP contribution < -0.4 is 0 Å². The first-order valence-corrected chi connectivity index (χ1v) is 4.62. The van der Waals surface area contributed by atoms with Gasteiger partial charge in [-0.3, -0.25) is 0 Å². The van der Waals surface area contributed by atoms with Crippen LogP contribution in [0.15, 0.2) is 0 Å². The summed E-state index contributed by atoms with van der Waals surface area (Å²) in [5, 5.41) is 0. The molecule has 1 saturated carbocycles. The topological polar surface area (TPSA) is 17.1 Å². The van der Waals surface area contributed by atoms with Crippen molar-refractivity contribution in [3.05, 3.63) is 0 Å². The molecule has 0 bridgehead atoms. The van der Waals surface area contributed by atoms with Gasteiger partial charge < -0.3 is 4.79 Å². The average Bonchev–Trinajstić information content (AvgIpc) is 2.64. The van der Waals surface area contributed by atoms with Crippen LogP contribution in [0.2, 0.25) is 0 Å². The summed E-state index contributed by atoms with van der Waals surface area (Å²) in [7, 11) is 0. The Morgan fingerprint density at radius 1 is 1.45 bits per heavy atom. The van der Waals surface area contributed by atoms with Crippen molar-refractivity contribution in [2.24, 2.45) is 11.3 Å². The summed E-state index contributed by atoms with van der Waals surface area (Å²) in [5.41, 5.74) is 0.592. The summed E-state index contributed by atoms with van der Waals surface area (Å²) in [6.45, 7) is 4.53. The summed E-state index contributed by atoms with van der Waals surface area (Å²) in [6, 6.07) is 0. The van der Waals surface area contributed by atoms with Crippen molar-refractivity contribution in [3.8, 4) is 0 Å². The summed E-state index contributed by atoms with van der Waals surface area (Å²) in [4.78, 5) is 10.2. The lowest BCUT2D eigenvalue weighted by Gasteiger charge is -2.15. The third-order valence-corrected chi connectivity index (χ3v) is 2.59. The SMILES string of the molecule is CC(C)CC1(CCC=O)CC1. The van der Waals surface area contributed by atoms with E-state index in [9.17, 15) is 4.79 Å². The third kappa shape index (κ3) is 2.64. The monoisotopic (exact) mass is 154 g/mol. The number of hydrogen-bond donors (Lipinski definition) is 0. The van der Waals surface area contributed by atoms with Crippen molar-refractivity contribution in [1.82, 2.24) is 0 Å². The standard InChI is InChI=1S/C10H18O/c1-9(2)8-10(5-6-10)4-3-7-11/h7,9H,3-6,8H2,1-2H3. The van der Waals surface area contributed by atoms with Crippen molar-refractivity contribution < 1.29 is 4.79 Å². The maximum atomic E-state index is 10.2. The first kappa shape index (κ1) is 8.76. The Hall–Kier alpha value is -0.330. The van der Waals surface area contributed by atoms with Gasteiger partial charge in [-0.1, -0.05) is 13.8 Å². The molecule has 0 heterocycles. The molecule has 0 spiro atoms. The summed E-state index contributed by atoms with van der Waals surface area (Å²) in [5.74, 6) is 0.796. The highest BCUT2D eigenvalue weighted by molar-refractivity contribution is 5.49. The van der Waals surface area contributed by atoms with E-state index in [4.69, 9.17) is 0 Å². The summed E-state index contributed by atoms with van der Waals surface area (Å²) < 4.78 is 0. The van der Waals surface area contributed by atoms with Crippen LogP contribution in [-0.2, 0) is 4.79 Å². The normalized spacial score (nSPS) is 20.3. The minimum Gasteiger partial charge on any atom is -0.303 e. The molecular formula is C10H18O. The van der Waals surface area contributed by atoms with Gasteiger partial charge >= 0.3 is 0 Å². The Balaban J connectivity index is 2.23. The van der Waals surface area contributed by atoms with E-state index in [0.29, 0.717) is 5.41 Å². The molecule has 0 atom stereocenters. The number of hydrogen-bond acceptors (Lipinski definition) is 1. The molecule has 0 N–H and O–H groups in total. The zero-order valence-electron chi connectivity index (χ0n) is 7.60. The van der Waals surface area contributed by atoms with Gasteiger partial charge in [-0.25, -0.2) is 0 Å². The van der Waals surface area contributed by atoms with E-state index < -0.39 is 0 Å². The molecular weight excluding hydrogens is 136 g/mol. The molecule has 0 aromatic carbocycles. The molecule has 1 fully saturated rings. The van der Waals surface area contributed by atoms with Crippen LogP contribution in [0, 0.1) is 11.3 Å². The van der Waals surface area contributed by atoms with Crippen LogP contribution in [0.25, 0.3) is 0 Å². The third-order valence-electron chi connectivity index (χ3n) is 2.59. The van der Waals surface area contributed by atoms with Gasteiger partial charge in [0.1, 0.15) is 6.29 Å². The van der Waals surface area contributed by atoms with Crippen molar-refractivity contribution in [2.75, 3.05) is 0 Å². The van der Waals surface area contributed by atoms with Crippen molar-refractivity contribution in [1.29, 1.82) is 0 Å². The number of carbonyl (C=O) groups is 1. The van der Waals surface area contributed by atoms with Gasteiger partial charge in [0.15, 0.2) is 0 Å². The maximum Gasteiger partial charge on any atom is 0.120 e. The van der Waals surface area contributed by atoms with Crippen LogP contribution in [0.4, 0.5) is 0 Å². The minimum absolute atomic E-state index is 0.592. The molecule has 1 aliphatic rings. The average molecular weight is 154 g/mol. The van der Waals surface area contributed by atoms with Crippen molar-refractivity contribution in [2.45, 2.75) is 46.0 Å². The van der Waals surface area contributed by atoms with Gasteiger partial charge in [-0.15, -0.1) is 0 Å². The Morgan fingerprint density at radius 2 is 2.09 bits per heavy atom. The number of rotatable bonds is 5.